The molecule has 4 heteroatoms. The van der Waals surface area contributed by atoms with Crippen LogP contribution in [0.15, 0.2) is 24.3 Å². The highest BCUT2D eigenvalue weighted by Crippen LogP contribution is 2.22. The van der Waals surface area contributed by atoms with Crippen molar-refractivity contribution in [2.45, 2.75) is 18.6 Å². The lowest BCUT2D eigenvalue weighted by molar-refractivity contribution is 0.0761. The molecule has 0 bridgehead atoms. The SMILES string of the molecule is CCC1CN(C(=O)c2ccc(N)cc2)CCS1. The molecule has 1 aromatic carbocycles. The number of nitrogen functional groups attached to an aromatic ring is 1. The topological polar surface area (TPSA) is 46.3 Å². The number of carbonyl (C=O) groups is 1. The second-order valence-corrected chi connectivity index (χ2v) is 5.68. The molecule has 92 valence electrons. The number of hydrogen-bond donors (Lipinski definition) is 1. The van der Waals surface area contributed by atoms with Crippen molar-refractivity contribution in [3.05, 3.63) is 29.8 Å². The van der Waals surface area contributed by atoms with Gasteiger partial charge in [0.05, 0.1) is 0 Å². The molecule has 1 amide bonds. The van der Waals surface area contributed by atoms with Gasteiger partial charge in [-0.3, -0.25) is 4.79 Å². The van der Waals surface area contributed by atoms with Crippen molar-refractivity contribution in [1.29, 1.82) is 0 Å². The number of amides is 1. The van der Waals surface area contributed by atoms with Gasteiger partial charge in [-0.15, -0.1) is 0 Å². The molecule has 1 atom stereocenters. The van der Waals surface area contributed by atoms with E-state index in [0.717, 1.165) is 30.8 Å². The minimum Gasteiger partial charge on any atom is -0.399 e. The molecule has 0 aliphatic carbocycles. The maximum atomic E-state index is 12.2. The molecule has 1 aliphatic heterocycles. The van der Waals surface area contributed by atoms with Gasteiger partial charge in [0, 0.05) is 35.3 Å². The Bertz CT molecular complexity index is 391. The first-order valence-corrected chi connectivity index (χ1v) is 7.02. The molecule has 2 rings (SSSR count). The maximum Gasteiger partial charge on any atom is 0.253 e. The van der Waals surface area contributed by atoms with Gasteiger partial charge in [0.2, 0.25) is 0 Å². The second-order valence-electron chi connectivity index (χ2n) is 4.27. The van der Waals surface area contributed by atoms with Gasteiger partial charge < -0.3 is 10.6 Å². The van der Waals surface area contributed by atoms with E-state index < -0.39 is 0 Å². The van der Waals surface area contributed by atoms with Gasteiger partial charge in [0.1, 0.15) is 0 Å². The summed E-state index contributed by atoms with van der Waals surface area (Å²) in [5.74, 6) is 1.17. The first-order chi connectivity index (χ1) is 8.20. The van der Waals surface area contributed by atoms with Crippen molar-refractivity contribution in [3.8, 4) is 0 Å². The molecule has 0 radical (unpaired) electrons. The number of nitrogens with two attached hydrogens (primary N) is 1. The number of hydrogen-bond acceptors (Lipinski definition) is 3. The predicted octanol–water partition coefficient (Wildman–Crippen LogP) is 2.24. The Morgan fingerprint density at radius 3 is 2.82 bits per heavy atom. The van der Waals surface area contributed by atoms with Gasteiger partial charge in [-0.2, -0.15) is 11.8 Å². The molecule has 0 aromatic heterocycles. The monoisotopic (exact) mass is 250 g/mol. The molecule has 0 spiro atoms. The molecule has 17 heavy (non-hydrogen) atoms. The van der Waals surface area contributed by atoms with E-state index in [-0.39, 0.29) is 5.91 Å². The molecule has 1 aromatic rings. The van der Waals surface area contributed by atoms with Crippen LogP contribution in [0.3, 0.4) is 0 Å². The molecular formula is C13H18N2OS. The summed E-state index contributed by atoms with van der Waals surface area (Å²) in [6.07, 6.45) is 1.12. The van der Waals surface area contributed by atoms with E-state index in [1.165, 1.54) is 0 Å². The minimum absolute atomic E-state index is 0.128. The van der Waals surface area contributed by atoms with Crippen LogP contribution in [-0.4, -0.2) is 34.9 Å². The summed E-state index contributed by atoms with van der Waals surface area (Å²) in [7, 11) is 0. The van der Waals surface area contributed by atoms with Crippen LogP contribution >= 0.6 is 11.8 Å². The van der Waals surface area contributed by atoms with Crippen LogP contribution in [0, 0.1) is 0 Å². The first-order valence-electron chi connectivity index (χ1n) is 5.97. The number of rotatable bonds is 2. The third-order valence-corrected chi connectivity index (χ3v) is 4.41. The summed E-state index contributed by atoms with van der Waals surface area (Å²) in [4.78, 5) is 14.2. The molecule has 0 saturated carbocycles. The molecule has 1 unspecified atom stereocenters. The number of anilines is 1. The van der Waals surface area contributed by atoms with Crippen LogP contribution in [0.2, 0.25) is 0 Å². The normalized spacial score (nSPS) is 20.3. The zero-order valence-electron chi connectivity index (χ0n) is 10.1. The average Bonchev–Trinajstić information content (AvgIpc) is 2.39. The molecule has 2 N–H and O–H groups in total. The lowest BCUT2D eigenvalue weighted by atomic mass is 10.1. The zero-order valence-corrected chi connectivity index (χ0v) is 10.9. The van der Waals surface area contributed by atoms with E-state index in [0.29, 0.717) is 10.9 Å². The van der Waals surface area contributed by atoms with Crippen LogP contribution in [0.5, 0.6) is 0 Å². The summed E-state index contributed by atoms with van der Waals surface area (Å²) in [5, 5.41) is 0.585. The highest BCUT2D eigenvalue weighted by atomic mass is 32.2. The fourth-order valence-corrected chi connectivity index (χ4v) is 3.14. The van der Waals surface area contributed by atoms with E-state index in [1.54, 1.807) is 24.3 Å². The largest absolute Gasteiger partial charge is 0.399 e. The predicted molar refractivity (Wildman–Crippen MR) is 73.3 cm³/mol. The summed E-state index contributed by atoms with van der Waals surface area (Å²) in [6, 6.07) is 7.17. The maximum absolute atomic E-state index is 12.2. The molecule has 1 heterocycles. The van der Waals surface area contributed by atoms with Gasteiger partial charge in [-0.25, -0.2) is 0 Å². The fourth-order valence-electron chi connectivity index (χ4n) is 1.96. The Hall–Kier alpha value is -1.16. The standard InChI is InChI=1S/C13H18N2OS/c1-2-12-9-15(7-8-17-12)13(16)10-3-5-11(14)6-4-10/h3-6,12H,2,7-9,14H2,1H3. The summed E-state index contributed by atoms with van der Waals surface area (Å²) in [6.45, 7) is 3.89. The summed E-state index contributed by atoms with van der Waals surface area (Å²) < 4.78 is 0. The Labute approximate surface area is 106 Å². The van der Waals surface area contributed by atoms with Gasteiger partial charge in [-0.1, -0.05) is 6.92 Å². The number of benzene rings is 1. The molecule has 1 fully saturated rings. The third-order valence-electron chi connectivity index (χ3n) is 3.04. The van der Waals surface area contributed by atoms with Crippen LogP contribution in [-0.2, 0) is 0 Å². The number of carbonyl (C=O) groups excluding carboxylic acids is 1. The lowest BCUT2D eigenvalue weighted by Crippen LogP contribution is -2.41. The molecular weight excluding hydrogens is 232 g/mol. The first kappa shape index (κ1) is 12.3. The van der Waals surface area contributed by atoms with Crippen LogP contribution in [0.1, 0.15) is 23.7 Å². The van der Waals surface area contributed by atoms with Crippen molar-refractivity contribution in [1.82, 2.24) is 4.90 Å². The van der Waals surface area contributed by atoms with Gasteiger partial charge >= 0.3 is 0 Å². The number of thioether (sulfide) groups is 1. The Morgan fingerprint density at radius 2 is 2.18 bits per heavy atom. The van der Waals surface area contributed by atoms with Gasteiger partial charge in [-0.05, 0) is 30.7 Å². The van der Waals surface area contributed by atoms with Crippen molar-refractivity contribution >= 4 is 23.4 Å². The molecule has 1 saturated heterocycles. The van der Waals surface area contributed by atoms with Crippen LogP contribution < -0.4 is 5.73 Å². The van der Waals surface area contributed by atoms with Crippen LogP contribution in [0.4, 0.5) is 5.69 Å². The summed E-state index contributed by atoms with van der Waals surface area (Å²) >= 11 is 1.97. The van der Waals surface area contributed by atoms with E-state index >= 15 is 0 Å². The Balaban J connectivity index is 2.06. The van der Waals surface area contributed by atoms with Crippen molar-refractivity contribution in [2.24, 2.45) is 0 Å². The third kappa shape index (κ3) is 2.94. The molecule has 3 nitrogen and oxygen atoms in total. The average molecular weight is 250 g/mol. The van der Waals surface area contributed by atoms with E-state index in [1.807, 2.05) is 16.7 Å². The van der Waals surface area contributed by atoms with Crippen molar-refractivity contribution in [3.63, 3.8) is 0 Å². The van der Waals surface area contributed by atoms with Crippen molar-refractivity contribution < 1.29 is 4.79 Å². The second kappa shape index (κ2) is 5.45. The number of nitrogens with zero attached hydrogens (tertiary/aromatic N) is 1. The fraction of sp³-hybridized carbons (Fsp3) is 0.462. The highest BCUT2D eigenvalue weighted by molar-refractivity contribution is 8.00. The van der Waals surface area contributed by atoms with Crippen LogP contribution in [0.25, 0.3) is 0 Å². The van der Waals surface area contributed by atoms with Crippen molar-refractivity contribution in [2.75, 3.05) is 24.6 Å². The Morgan fingerprint density at radius 1 is 1.47 bits per heavy atom. The smallest absolute Gasteiger partial charge is 0.253 e. The minimum atomic E-state index is 0.128. The van der Waals surface area contributed by atoms with E-state index in [9.17, 15) is 4.79 Å². The Kier molecular flexibility index (Phi) is 3.94. The highest BCUT2D eigenvalue weighted by Gasteiger charge is 2.23. The van der Waals surface area contributed by atoms with E-state index in [2.05, 4.69) is 6.92 Å². The molecule has 1 aliphatic rings. The summed E-state index contributed by atoms with van der Waals surface area (Å²) in [5.41, 5.74) is 7.05. The van der Waals surface area contributed by atoms with Gasteiger partial charge in [0.15, 0.2) is 0 Å². The quantitative estimate of drug-likeness (QED) is 0.819. The lowest BCUT2D eigenvalue weighted by Gasteiger charge is -2.32. The van der Waals surface area contributed by atoms with E-state index in [4.69, 9.17) is 5.73 Å². The zero-order chi connectivity index (χ0) is 12.3. The van der Waals surface area contributed by atoms with Gasteiger partial charge in [0.25, 0.3) is 5.91 Å².